The van der Waals surface area contributed by atoms with Gasteiger partial charge in [-0.1, -0.05) is 18.9 Å². The summed E-state index contributed by atoms with van der Waals surface area (Å²) in [5, 5.41) is 18.9. The predicted molar refractivity (Wildman–Crippen MR) is 123 cm³/mol. The average Bonchev–Trinajstić information content (AvgIpc) is 3.51. The van der Waals surface area contributed by atoms with Crippen LogP contribution < -0.4 is 5.32 Å². The number of carboxylic acid groups (broad SMARTS) is 1. The number of carboxylic acids is 1. The number of fused-ring (bicyclic) bond motifs is 1. The van der Waals surface area contributed by atoms with E-state index in [0.29, 0.717) is 11.9 Å². The van der Waals surface area contributed by atoms with E-state index in [1.807, 2.05) is 18.5 Å². The Morgan fingerprint density at radius 2 is 1.83 bits per heavy atom. The summed E-state index contributed by atoms with van der Waals surface area (Å²) in [6.07, 6.45) is 7.69. The van der Waals surface area contributed by atoms with Gasteiger partial charge in [-0.3, -0.25) is 14.7 Å². The van der Waals surface area contributed by atoms with Crippen molar-refractivity contribution in [2.75, 3.05) is 13.1 Å². The fraction of sp³-hybridized carbons (Fsp3) is 0.625. The summed E-state index contributed by atoms with van der Waals surface area (Å²) in [6, 6.07) is 4.47. The van der Waals surface area contributed by atoms with E-state index in [1.165, 1.54) is 18.4 Å². The molecule has 2 N–H and O–H groups in total. The van der Waals surface area contributed by atoms with Gasteiger partial charge in [0.2, 0.25) is 5.82 Å². The second-order valence-corrected chi connectivity index (χ2v) is 9.92. The van der Waals surface area contributed by atoms with E-state index in [4.69, 9.17) is 9.90 Å². The van der Waals surface area contributed by atoms with Gasteiger partial charge in [0, 0.05) is 37.9 Å². The van der Waals surface area contributed by atoms with Crippen molar-refractivity contribution < 1.29 is 27.9 Å². The van der Waals surface area contributed by atoms with E-state index in [0.717, 1.165) is 70.5 Å². The molecule has 3 aliphatic rings. The summed E-state index contributed by atoms with van der Waals surface area (Å²) in [7, 11) is 0. The fourth-order valence-corrected chi connectivity index (χ4v) is 5.31. The third kappa shape index (κ3) is 6.40. The van der Waals surface area contributed by atoms with Crippen LogP contribution in [0.2, 0.25) is 0 Å². The van der Waals surface area contributed by atoms with Crippen molar-refractivity contribution in [3.63, 3.8) is 0 Å². The Morgan fingerprint density at radius 3 is 2.44 bits per heavy atom. The fourth-order valence-electron chi connectivity index (χ4n) is 5.31. The number of aryl methyl sites for hydroxylation is 1. The quantitative estimate of drug-likeness (QED) is 0.652. The molecule has 1 saturated heterocycles. The number of alkyl halides is 3. The van der Waals surface area contributed by atoms with Gasteiger partial charge in [0.1, 0.15) is 5.82 Å². The summed E-state index contributed by atoms with van der Waals surface area (Å²) < 4.78 is 33.9. The van der Waals surface area contributed by atoms with Gasteiger partial charge in [-0.25, -0.2) is 4.79 Å². The predicted octanol–water partition coefficient (Wildman–Crippen LogP) is 3.21. The molecule has 0 atom stereocenters. The Labute approximate surface area is 207 Å². The van der Waals surface area contributed by atoms with Crippen molar-refractivity contribution in [2.45, 2.75) is 76.7 Å². The number of aromatic nitrogens is 4. The molecule has 1 amide bonds. The molecular formula is C24H31F3N6O3. The molecule has 5 rings (SSSR count). The Bertz CT molecular complexity index is 1050. The molecule has 2 fully saturated rings. The van der Waals surface area contributed by atoms with Crippen LogP contribution in [-0.4, -0.2) is 66.9 Å². The van der Waals surface area contributed by atoms with Gasteiger partial charge in [0.15, 0.2) is 0 Å². The van der Waals surface area contributed by atoms with Crippen LogP contribution in [0.5, 0.6) is 0 Å². The van der Waals surface area contributed by atoms with E-state index < -0.39 is 12.1 Å². The number of hydrogen-bond donors (Lipinski definition) is 2. The van der Waals surface area contributed by atoms with Crippen molar-refractivity contribution in [2.24, 2.45) is 5.41 Å². The maximum absolute atomic E-state index is 12.8. The molecule has 4 heterocycles. The third-order valence-corrected chi connectivity index (χ3v) is 7.38. The number of carbonyl (C=O) groups is 2. The monoisotopic (exact) mass is 508 g/mol. The minimum Gasteiger partial charge on any atom is -0.475 e. The number of nitrogens with one attached hydrogen (secondary N) is 1. The highest BCUT2D eigenvalue weighted by Gasteiger charge is 2.40. The van der Waals surface area contributed by atoms with Gasteiger partial charge < -0.3 is 15.0 Å². The van der Waals surface area contributed by atoms with Crippen molar-refractivity contribution in [3.05, 3.63) is 41.7 Å². The topological polar surface area (TPSA) is 113 Å². The highest BCUT2D eigenvalue weighted by Crippen LogP contribution is 2.41. The minimum atomic E-state index is -5.08. The molecule has 2 aliphatic heterocycles. The highest BCUT2D eigenvalue weighted by molar-refractivity contribution is 5.91. The Balaban J connectivity index is 0.000000384. The third-order valence-electron chi connectivity index (χ3n) is 7.38. The molecule has 0 radical (unpaired) electrons. The van der Waals surface area contributed by atoms with Crippen molar-refractivity contribution in [1.29, 1.82) is 0 Å². The first kappa shape index (κ1) is 26.1. The van der Waals surface area contributed by atoms with Crippen LogP contribution in [0.3, 0.4) is 0 Å². The van der Waals surface area contributed by atoms with Crippen molar-refractivity contribution >= 4 is 11.9 Å². The SMILES string of the molecule is O=C(NC1CCCC1)c1nnc2n1CC1(CC2)CCN(Cc2cccnc2)CC1.O=C(O)C(F)(F)F. The highest BCUT2D eigenvalue weighted by atomic mass is 19.4. The van der Waals surface area contributed by atoms with E-state index in [1.54, 1.807) is 0 Å². The summed E-state index contributed by atoms with van der Waals surface area (Å²) in [6.45, 7) is 4.03. The first-order valence-electron chi connectivity index (χ1n) is 12.3. The summed E-state index contributed by atoms with van der Waals surface area (Å²) in [4.78, 5) is 28.5. The number of aliphatic carboxylic acids is 1. The Morgan fingerprint density at radius 1 is 1.14 bits per heavy atom. The zero-order valence-electron chi connectivity index (χ0n) is 20.0. The van der Waals surface area contributed by atoms with Crippen LogP contribution >= 0.6 is 0 Å². The molecule has 2 aromatic rings. The molecular weight excluding hydrogens is 477 g/mol. The van der Waals surface area contributed by atoms with Gasteiger partial charge in [-0.15, -0.1) is 10.2 Å². The van der Waals surface area contributed by atoms with E-state index >= 15 is 0 Å². The number of amides is 1. The van der Waals surface area contributed by atoms with Crippen molar-refractivity contribution in [1.82, 2.24) is 30.0 Å². The smallest absolute Gasteiger partial charge is 0.475 e. The molecule has 0 aromatic carbocycles. The average molecular weight is 509 g/mol. The number of likely N-dealkylation sites (tertiary alicyclic amines) is 1. The van der Waals surface area contributed by atoms with Crippen LogP contribution in [0.25, 0.3) is 0 Å². The zero-order valence-corrected chi connectivity index (χ0v) is 20.0. The van der Waals surface area contributed by atoms with E-state index in [9.17, 15) is 18.0 Å². The normalized spacial score (nSPS) is 19.9. The first-order valence-corrected chi connectivity index (χ1v) is 12.3. The summed E-state index contributed by atoms with van der Waals surface area (Å²) in [5.74, 6) is -1.30. The molecule has 12 heteroatoms. The van der Waals surface area contributed by atoms with Crippen LogP contribution in [0.15, 0.2) is 24.5 Å². The number of piperidine rings is 1. The number of nitrogens with zero attached hydrogens (tertiary/aromatic N) is 5. The number of halogens is 3. The van der Waals surface area contributed by atoms with Gasteiger partial charge in [-0.2, -0.15) is 13.2 Å². The molecule has 2 aromatic heterocycles. The van der Waals surface area contributed by atoms with Crippen LogP contribution in [0.4, 0.5) is 13.2 Å². The Hall–Kier alpha value is -3.02. The lowest BCUT2D eigenvalue weighted by atomic mass is 9.73. The number of carbonyl (C=O) groups excluding carboxylic acids is 1. The number of pyridine rings is 1. The van der Waals surface area contributed by atoms with Gasteiger partial charge in [0.05, 0.1) is 0 Å². The molecule has 196 valence electrons. The maximum Gasteiger partial charge on any atom is 0.490 e. The number of hydrogen-bond acceptors (Lipinski definition) is 6. The minimum absolute atomic E-state index is 0.0401. The lowest BCUT2D eigenvalue weighted by Crippen LogP contribution is -2.45. The summed E-state index contributed by atoms with van der Waals surface area (Å²) >= 11 is 0. The molecule has 1 spiro atoms. The van der Waals surface area contributed by atoms with Crippen LogP contribution in [0.1, 0.15) is 67.0 Å². The largest absolute Gasteiger partial charge is 0.490 e. The number of rotatable bonds is 4. The second kappa shape index (κ2) is 10.9. The molecule has 0 bridgehead atoms. The van der Waals surface area contributed by atoms with E-state index in [2.05, 4.69) is 36.0 Å². The van der Waals surface area contributed by atoms with Gasteiger partial charge in [-0.05, 0) is 62.2 Å². The first-order chi connectivity index (χ1) is 17.2. The van der Waals surface area contributed by atoms with Gasteiger partial charge in [0.25, 0.3) is 5.91 Å². The van der Waals surface area contributed by atoms with E-state index in [-0.39, 0.29) is 11.3 Å². The lowest BCUT2D eigenvalue weighted by molar-refractivity contribution is -0.192. The van der Waals surface area contributed by atoms with Crippen LogP contribution in [0, 0.1) is 5.41 Å². The second-order valence-electron chi connectivity index (χ2n) is 9.92. The Kier molecular flexibility index (Phi) is 7.91. The van der Waals surface area contributed by atoms with Crippen molar-refractivity contribution in [3.8, 4) is 0 Å². The molecule has 1 aliphatic carbocycles. The zero-order chi connectivity index (χ0) is 25.8. The van der Waals surface area contributed by atoms with Crippen LogP contribution in [-0.2, 0) is 24.3 Å². The molecule has 36 heavy (non-hydrogen) atoms. The standard InChI is InChI=1S/C22H30N6O.C2HF3O2/c29-21(24-18-5-1-2-6-18)20-26-25-19-7-8-22(16-28(19)20)9-12-27(13-10-22)15-17-4-3-11-23-14-17;3-2(4,5)1(6)7/h3-4,11,14,18H,1-2,5-10,12-13,15-16H2,(H,24,29);(H,6,7). The molecule has 0 unspecified atom stereocenters. The summed E-state index contributed by atoms with van der Waals surface area (Å²) in [5.41, 5.74) is 1.54. The molecule has 9 nitrogen and oxygen atoms in total. The maximum atomic E-state index is 12.8. The molecule has 1 saturated carbocycles. The lowest BCUT2D eigenvalue weighted by Gasteiger charge is -2.44. The van der Waals surface area contributed by atoms with Gasteiger partial charge >= 0.3 is 12.1 Å².